The number of nitrogens with one attached hydrogen (secondary N) is 1. The van der Waals surface area contributed by atoms with Crippen molar-refractivity contribution in [2.75, 3.05) is 11.1 Å². The van der Waals surface area contributed by atoms with Gasteiger partial charge in [-0.25, -0.2) is 0 Å². The first-order valence-electron chi connectivity index (χ1n) is 7.58. The molecule has 0 saturated heterocycles. The van der Waals surface area contributed by atoms with Crippen LogP contribution in [0.4, 0.5) is 5.69 Å². The number of rotatable bonds is 6. The SMILES string of the molecule is CCc1cccc(NC(=O)CSc2nnc(C3CC3)n2C)c1. The zero-order chi connectivity index (χ0) is 15.5. The second-order valence-electron chi connectivity index (χ2n) is 5.56. The third kappa shape index (κ3) is 3.50. The summed E-state index contributed by atoms with van der Waals surface area (Å²) >= 11 is 1.43. The van der Waals surface area contributed by atoms with Gasteiger partial charge in [-0.15, -0.1) is 10.2 Å². The van der Waals surface area contributed by atoms with Gasteiger partial charge in [-0.1, -0.05) is 30.8 Å². The van der Waals surface area contributed by atoms with Crippen LogP contribution in [-0.4, -0.2) is 26.4 Å². The average Bonchev–Trinajstić information content (AvgIpc) is 3.29. The molecule has 2 aromatic rings. The van der Waals surface area contributed by atoms with Crippen LogP contribution in [0.5, 0.6) is 0 Å². The van der Waals surface area contributed by atoms with Crippen LogP contribution in [0.15, 0.2) is 29.4 Å². The molecule has 1 aliphatic carbocycles. The zero-order valence-corrected chi connectivity index (χ0v) is 13.7. The molecule has 0 bridgehead atoms. The Balaban J connectivity index is 1.55. The number of benzene rings is 1. The number of carbonyl (C=O) groups is 1. The summed E-state index contributed by atoms with van der Waals surface area (Å²) in [5, 5.41) is 12.1. The summed E-state index contributed by atoms with van der Waals surface area (Å²) in [5.41, 5.74) is 2.06. The Kier molecular flexibility index (Phi) is 4.47. The van der Waals surface area contributed by atoms with Crippen LogP contribution >= 0.6 is 11.8 Å². The van der Waals surface area contributed by atoms with Crippen molar-refractivity contribution in [2.24, 2.45) is 7.05 Å². The van der Waals surface area contributed by atoms with Crippen molar-refractivity contribution >= 4 is 23.4 Å². The molecule has 6 heteroatoms. The summed E-state index contributed by atoms with van der Waals surface area (Å²) in [6, 6.07) is 7.95. The van der Waals surface area contributed by atoms with Crippen molar-refractivity contribution in [1.29, 1.82) is 0 Å². The first-order valence-corrected chi connectivity index (χ1v) is 8.56. The third-order valence-electron chi connectivity index (χ3n) is 3.76. The molecule has 5 nitrogen and oxygen atoms in total. The number of hydrogen-bond donors (Lipinski definition) is 1. The predicted octanol–water partition coefficient (Wildman–Crippen LogP) is 2.99. The monoisotopic (exact) mass is 316 g/mol. The van der Waals surface area contributed by atoms with Crippen LogP contribution in [-0.2, 0) is 18.3 Å². The summed E-state index contributed by atoms with van der Waals surface area (Å²) in [6.07, 6.45) is 3.36. The number of nitrogens with zero attached hydrogens (tertiary/aromatic N) is 3. The number of aromatic nitrogens is 3. The fourth-order valence-electron chi connectivity index (χ4n) is 2.35. The van der Waals surface area contributed by atoms with E-state index in [1.54, 1.807) is 0 Å². The Morgan fingerprint density at radius 1 is 1.41 bits per heavy atom. The molecule has 116 valence electrons. The molecule has 0 spiro atoms. The number of thioether (sulfide) groups is 1. The minimum absolute atomic E-state index is 0.0192. The first kappa shape index (κ1) is 15.1. The molecule has 0 atom stereocenters. The Bertz CT molecular complexity index is 679. The highest BCUT2D eigenvalue weighted by Crippen LogP contribution is 2.39. The molecule has 1 amide bonds. The first-order chi connectivity index (χ1) is 10.7. The zero-order valence-electron chi connectivity index (χ0n) is 12.9. The maximum atomic E-state index is 12.1. The molecular formula is C16H20N4OS. The smallest absolute Gasteiger partial charge is 0.234 e. The topological polar surface area (TPSA) is 59.8 Å². The van der Waals surface area contributed by atoms with Gasteiger partial charge in [0.15, 0.2) is 5.16 Å². The predicted molar refractivity (Wildman–Crippen MR) is 88.2 cm³/mol. The fraction of sp³-hybridized carbons (Fsp3) is 0.438. The number of amides is 1. The van der Waals surface area contributed by atoms with Gasteiger partial charge in [0.25, 0.3) is 0 Å². The Morgan fingerprint density at radius 3 is 2.95 bits per heavy atom. The van der Waals surface area contributed by atoms with Crippen molar-refractivity contribution in [3.05, 3.63) is 35.7 Å². The summed E-state index contributed by atoms with van der Waals surface area (Å²) < 4.78 is 2.01. The quantitative estimate of drug-likeness (QED) is 0.832. The molecule has 1 N–H and O–H groups in total. The maximum Gasteiger partial charge on any atom is 0.234 e. The van der Waals surface area contributed by atoms with Crippen molar-refractivity contribution in [2.45, 2.75) is 37.3 Å². The number of carbonyl (C=O) groups excluding carboxylic acids is 1. The van der Waals surface area contributed by atoms with Gasteiger partial charge in [0, 0.05) is 18.7 Å². The van der Waals surface area contributed by atoms with E-state index in [0.29, 0.717) is 11.7 Å². The lowest BCUT2D eigenvalue weighted by Crippen LogP contribution is -2.14. The van der Waals surface area contributed by atoms with E-state index >= 15 is 0 Å². The Morgan fingerprint density at radius 2 is 2.23 bits per heavy atom. The molecular weight excluding hydrogens is 296 g/mol. The van der Waals surface area contributed by atoms with Gasteiger partial charge >= 0.3 is 0 Å². The Hall–Kier alpha value is -1.82. The summed E-state index contributed by atoms with van der Waals surface area (Å²) in [7, 11) is 1.97. The Labute approximate surface area is 134 Å². The molecule has 0 aliphatic heterocycles. The third-order valence-corrected chi connectivity index (χ3v) is 4.78. The lowest BCUT2D eigenvalue weighted by molar-refractivity contribution is -0.113. The summed E-state index contributed by atoms with van der Waals surface area (Å²) in [4.78, 5) is 12.1. The standard InChI is InChI=1S/C16H20N4OS/c1-3-11-5-4-6-13(9-11)17-14(21)10-22-16-19-18-15(20(16)2)12-7-8-12/h4-6,9,12H,3,7-8,10H2,1-2H3,(H,17,21). The van der Waals surface area contributed by atoms with Crippen LogP contribution in [0.3, 0.4) is 0 Å². The molecule has 1 aromatic carbocycles. The van der Waals surface area contributed by atoms with Gasteiger partial charge in [-0.05, 0) is 37.0 Å². The molecule has 1 aromatic heterocycles. The van der Waals surface area contributed by atoms with Crippen molar-refractivity contribution < 1.29 is 4.79 Å². The molecule has 1 heterocycles. The van der Waals surface area contributed by atoms with E-state index in [1.807, 2.05) is 29.8 Å². The largest absolute Gasteiger partial charge is 0.325 e. The van der Waals surface area contributed by atoms with E-state index in [4.69, 9.17) is 0 Å². The normalized spacial score (nSPS) is 14.1. The average molecular weight is 316 g/mol. The molecule has 1 aliphatic rings. The van der Waals surface area contributed by atoms with Gasteiger partial charge < -0.3 is 9.88 Å². The van der Waals surface area contributed by atoms with Gasteiger partial charge in [0.1, 0.15) is 5.82 Å². The van der Waals surface area contributed by atoms with Crippen molar-refractivity contribution in [3.8, 4) is 0 Å². The van der Waals surface area contributed by atoms with E-state index in [9.17, 15) is 4.79 Å². The molecule has 1 saturated carbocycles. The fourth-order valence-corrected chi connectivity index (χ4v) is 3.06. The van der Waals surface area contributed by atoms with Crippen molar-refractivity contribution in [3.63, 3.8) is 0 Å². The van der Waals surface area contributed by atoms with E-state index in [2.05, 4.69) is 28.5 Å². The summed E-state index contributed by atoms with van der Waals surface area (Å²) in [5.74, 6) is 1.93. The van der Waals surface area contributed by atoms with Gasteiger partial charge in [-0.3, -0.25) is 4.79 Å². The van der Waals surface area contributed by atoms with Crippen LogP contribution in [0.1, 0.15) is 37.1 Å². The lowest BCUT2D eigenvalue weighted by atomic mass is 10.1. The highest BCUT2D eigenvalue weighted by molar-refractivity contribution is 7.99. The number of anilines is 1. The van der Waals surface area contributed by atoms with Crippen LogP contribution in [0.25, 0.3) is 0 Å². The van der Waals surface area contributed by atoms with E-state index in [0.717, 1.165) is 23.1 Å². The second-order valence-corrected chi connectivity index (χ2v) is 6.51. The molecule has 22 heavy (non-hydrogen) atoms. The van der Waals surface area contributed by atoms with Crippen LogP contribution in [0.2, 0.25) is 0 Å². The lowest BCUT2D eigenvalue weighted by Gasteiger charge is -2.06. The highest BCUT2D eigenvalue weighted by atomic mass is 32.2. The molecule has 3 rings (SSSR count). The van der Waals surface area contributed by atoms with Gasteiger partial charge in [0.2, 0.25) is 5.91 Å². The second kappa shape index (κ2) is 6.52. The number of hydrogen-bond acceptors (Lipinski definition) is 4. The molecule has 1 fully saturated rings. The minimum Gasteiger partial charge on any atom is -0.325 e. The van der Waals surface area contributed by atoms with Crippen LogP contribution in [0, 0.1) is 0 Å². The van der Waals surface area contributed by atoms with Crippen LogP contribution < -0.4 is 5.32 Å². The van der Waals surface area contributed by atoms with Gasteiger partial charge in [-0.2, -0.15) is 0 Å². The van der Waals surface area contributed by atoms with Crippen molar-refractivity contribution in [1.82, 2.24) is 14.8 Å². The summed E-state index contributed by atoms with van der Waals surface area (Å²) in [6.45, 7) is 2.10. The number of aryl methyl sites for hydroxylation is 1. The van der Waals surface area contributed by atoms with E-state index in [-0.39, 0.29) is 5.91 Å². The van der Waals surface area contributed by atoms with E-state index < -0.39 is 0 Å². The highest BCUT2D eigenvalue weighted by Gasteiger charge is 2.29. The van der Waals surface area contributed by atoms with E-state index in [1.165, 1.54) is 30.2 Å². The molecule has 0 unspecified atom stereocenters. The minimum atomic E-state index is -0.0192. The van der Waals surface area contributed by atoms with Gasteiger partial charge in [0.05, 0.1) is 5.75 Å². The molecule has 0 radical (unpaired) electrons. The maximum absolute atomic E-state index is 12.1.